The van der Waals surface area contributed by atoms with Gasteiger partial charge >= 0.3 is 5.97 Å². The van der Waals surface area contributed by atoms with Gasteiger partial charge in [-0.15, -0.1) is 0 Å². The molecule has 0 unspecified atom stereocenters. The van der Waals surface area contributed by atoms with Crippen molar-refractivity contribution in [1.29, 1.82) is 0 Å². The number of aromatic nitrogens is 1. The third-order valence-electron chi connectivity index (χ3n) is 6.46. The van der Waals surface area contributed by atoms with Crippen molar-refractivity contribution in [2.75, 3.05) is 13.7 Å². The number of thiazole rings is 1. The molecule has 1 aliphatic rings. The maximum atomic E-state index is 13.9. The molecule has 0 radical (unpaired) electrons. The van der Waals surface area contributed by atoms with Gasteiger partial charge in [0.1, 0.15) is 0 Å². The molecule has 1 aromatic heterocycles. The maximum absolute atomic E-state index is 13.9. The van der Waals surface area contributed by atoms with E-state index in [1.165, 1.54) is 16.9 Å². The lowest BCUT2D eigenvalue weighted by Gasteiger charge is -2.25. The predicted octanol–water partition coefficient (Wildman–Crippen LogP) is 4.89. The second-order valence-electron chi connectivity index (χ2n) is 10.8. The fourth-order valence-corrected chi connectivity index (χ4v) is 5.59. The van der Waals surface area contributed by atoms with Crippen molar-refractivity contribution in [3.05, 3.63) is 90.1 Å². The van der Waals surface area contributed by atoms with Gasteiger partial charge in [0.15, 0.2) is 16.3 Å². The lowest BCUT2D eigenvalue weighted by molar-refractivity contribution is -0.139. The third-order valence-corrected chi connectivity index (χ3v) is 7.44. The summed E-state index contributed by atoms with van der Waals surface area (Å²) in [4.78, 5) is 32.2. The minimum atomic E-state index is -0.729. The van der Waals surface area contributed by atoms with Gasteiger partial charge in [0, 0.05) is 0 Å². The zero-order valence-corrected chi connectivity index (χ0v) is 24.6. The number of methoxy groups -OCH3 is 1. The van der Waals surface area contributed by atoms with Crippen molar-refractivity contribution in [2.24, 2.45) is 4.99 Å². The number of carbonyl (C=O) groups is 1. The standard InChI is InChI=1S/C31H36N2O5S/c1-9-37-29(35)26-19(4)32-30-33(27(26)21-12-15-23(38-18(2)3)24(17-21)36-8)28(34)25(39-30)16-20-10-13-22(14-11-20)31(5,6)7/h10-18,27H,9H2,1-8H3/b25-16-/t27-/m1/s1. The number of ether oxygens (including phenoxy) is 3. The smallest absolute Gasteiger partial charge is 0.338 e. The molecule has 0 fully saturated rings. The van der Waals surface area contributed by atoms with Gasteiger partial charge in [-0.05, 0) is 68.0 Å². The van der Waals surface area contributed by atoms with Gasteiger partial charge in [-0.3, -0.25) is 9.36 Å². The normalized spacial score (nSPS) is 15.7. The number of rotatable bonds is 7. The Morgan fingerprint density at radius 1 is 1.13 bits per heavy atom. The first-order chi connectivity index (χ1) is 18.4. The number of allylic oxidation sites excluding steroid dienone is 1. The molecule has 8 heteroatoms. The largest absolute Gasteiger partial charge is 0.493 e. The Kier molecular flexibility index (Phi) is 8.16. The number of fused-ring (bicyclic) bond motifs is 1. The summed E-state index contributed by atoms with van der Waals surface area (Å²) in [5, 5.41) is 0. The number of nitrogens with zero attached hydrogens (tertiary/aromatic N) is 2. The maximum Gasteiger partial charge on any atom is 0.338 e. The topological polar surface area (TPSA) is 79.1 Å². The molecule has 0 N–H and O–H groups in total. The van der Waals surface area contributed by atoms with Crippen LogP contribution >= 0.6 is 11.3 Å². The number of benzene rings is 2. The van der Waals surface area contributed by atoms with Crippen LogP contribution in [0.25, 0.3) is 6.08 Å². The van der Waals surface area contributed by atoms with Crippen LogP contribution in [0.5, 0.6) is 11.5 Å². The van der Waals surface area contributed by atoms with E-state index < -0.39 is 12.0 Å². The van der Waals surface area contributed by atoms with Crippen LogP contribution in [0.2, 0.25) is 0 Å². The molecule has 0 saturated heterocycles. The number of hydrogen-bond donors (Lipinski definition) is 0. The van der Waals surface area contributed by atoms with Crippen molar-refractivity contribution >= 4 is 23.4 Å². The van der Waals surface area contributed by atoms with Crippen molar-refractivity contribution in [3.8, 4) is 11.5 Å². The molecule has 206 valence electrons. The van der Waals surface area contributed by atoms with Gasteiger partial charge in [0.25, 0.3) is 5.56 Å². The van der Waals surface area contributed by atoms with Crippen LogP contribution in [0, 0.1) is 0 Å². The fraction of sp³-hybridized carbons (Fsp3) is 0.387. The zero-order valence-electron chi connectivity index (χ0n) is 23.8. The molecule has 39 heavy (non-hydrogen) atoms. The van der Waals surface area contributed by atoms with E-state index in [0.29, 0.717) is 37.7 Å². The molecule has 1 atom stereocenters. The summed E-state index contributed by atoms with van der Waals surface area (Å²) < 4.78 is 19.0. The summed E-state index contributed by atoms with van der Waals surface area (Å²) in [6.07, 6.45) is 1.83. The zero-order chi connectivity index (χ0) is 28.5. The van der Waals surface area contributed by atoms with E-state index in [4.69, 9.17) is 14.2 Å². The Balaban J connectivity index is 1.90. The predicted molar refractivity (Wildman–Crippen MR) is 154 cm³/mol. The summed E-state index contributed by atoms with van der Waals surface area (Å²) in [5.41, 5.74) is 3.49. The molecule has 0 bridgehead atoms. The van der Waals surface area contributed by atoms with Gasteiger partial charge in [-0.2, -0.15) is 0 Å². The van der Waals surface area contributed by atoms with Crippen molar-refractivity contribution < 1.29 is 19.0 Å². The highest BCUT2D eigenvalue weighted by atomic mass is 32.1. The molecular weight excluding hydrogens is 512 g/mol. The fourth-order valence-electron chi connectivity index (χ4n) is 4.54. The first kappa shape index (κ1) is 28.4. The van der Waals surface area contributed by atoms with E-state index in [0.717, 1.165) is 5.56 Å². The van der Waals surface area contributed by atoms with E-state index in [-0.39, 0.29) is 23.7 Å². The second-order valence-corrected chi connectivity index (χ2v) is 11.8. The van der Waals surface area contributed by atoms with Crippen LogP contribution in [-0.4, -0.2) is 30.4 Å². The summed E-state index contributed by atoms with van der Waals surface area (Å²) in [6, 6.07) is 12.9. The minimum absolute atomic E-state index is 0.0374. The number of esters is 1. The van der Waals surface area contributed by atoms with Crippen molar-refractivity contribution in [1.82, 2.24) is 4.57 Å². The number of hydrogen-bond acceptors (Lipinski definition) is 7. The lowest BCUT2D eigenvalue weighted by atomic mass is 9.87. The average molecular weight is 549 g/mol. The Bertz CT molecular complexity index is 1590. The molecule has 2 aromatic carbocycles. The summed E-state index contributed by atoms with van der Waals surface area (Å²) >= 11 is 1.30. The van der Waals surface area contributed by atoms with Gasteiger partial charge in [0.05, 0.1) is 41.7 Å². The van der Waals surface area contributed by atoms with Crippen LogP contribution in [0.15, 0.2) is 63.5 Å². The third kappa shape index (κ3) is 5.86. The molecule has 2 heterocycles. The summed E-state index contributed by atoms with van der Waals surface area (Å²) in [7, 11) is 1.57. The highest BCUT2D eigenvalue weighted by molar-refractivity contribution is 7.07. The van der Waals surface area contributed by atoms with Crippen LogP contribution in [0.4, 0.5) is 0 Å². The highest BCUT2D eigenvalue weighted by Gasteiger charge is 2.34. The first-order valence-corrected chi connectivity index (χ1v) is 13.9. The van der Waals surface area contributed by atoms with Crippen molar-refractivity contribution in [3.63, 3.8) is 0 Å². The minimum Gasteiger partial charge on any atom is -0.493 e. The van der Waals surface area contributed by atoms with Gasteiger partial charge < -0.3 is 14.2 Å². The first-order valence-electron chi connectivity index (χ1n) is 13.1. The number of carbonyl (C=O) groups excluding carboxylic acids is 1. The van der Waals surface area contributed by atoms with Gasteiger partial charge in [-0.25, -0.2) is 9.79 Å². The van der Waals surface area contributed by atoms with E-state index in [2.05, 4.69) is 37.9 Å². The van der Waals surface area contributed by atoms with Crippen LogP contribution in [0.3, 0.4) is 0 Å². The summed E-state index contributed by atoms with van der Waals surface area (Å²) in [5.74, 6) is 0.596. The molecule has 0 amide bonds. The Hall–Kier alpha value is -3.65. The Morgan fingerprint density at radius 2 is 1.82 bits per heavy atom. The van der Waals surface area contributed by atoms with E-state index in [1.54, 1.807) is 31.6 Å². The SMILES string of the molecule is CCOC(=O)C1=C(C)N=c2s/c(=C\c3ccc(C(C)(C)C)cc3)c(=O)n2[C@@H]1c1ccc(OC(C)C)c(OC)c1. The van der Waals surface area contributed by atoms with Crippen LogP contribution in [-0.2, 0) is 14.9 Å². The molecule has 0 saturated carbocycles. The Labute approximate surface area is 233 Å². The molecule has 0 aliphatic carbocycles. The molecule has 1 aliphatic heterocycles. The van der Waals surface area contributed by atoms with Gasteiger partial charge in [0.2, 0.25) is 0 Å². The quantitative estimate of drug-likeness (QED) is 0.393. The monoisotopic (exact) mass is 548 g/mol. The Morgan fingerprint density at radius 3 is 2.41 bits per heavy atom. The molecular formula is C31H36N2O5S. The van der Waals surface area contributed by atoms with Crippen LogP contribution < -0.4 is 24.4 Å². The van der Waals surface area contributed by atoms with E-state index in [9.17, 15) is 9.59 Å². The lowest BCUT2D eigenvalue weighted by Crippen LogP contribution is -2.40. The molecule has 3 aromatic rings. The van der Waals surface area contributed by atoms with Crippen molar-refractivity contribution in [2.45, 2.75) is 66.0 Å². The van der Waals surface area contributed by atoms with E-state index in [1.807, 2.05) is 44.2 Å². The molecule has 0 spiro atoms. The highest BCUT2D eigenvalue weighted by Crippen LogP contribution is 2.36. The molecule has 4 rings (SSSR count). The van der Waals surface area contributed by atoms with Gasteiger partial charge in [-0.1, -0.05) is 62.4 Å². The van der Waals surface area contributed by atoms with Crippen LogP contribution in [0.1, 0.15) is 71.2 Å². The average Bonchev–Trinajstić information content (AvgIpc) is 3.17. The molecule has 7 nitrogen and oxygen atoms in total. The summed E-state index contributed by atoms with van der Waals surface area (Å²) in [6.45, 7) is 14.1. The van der Waals surface area contributed by atoms with E-state index >= 15 is 0 Å². The second kappa shape index (κ2) is 11.2.